The van der Waals surface area contributed by atoms with E-state index < -0.39 is 6.17 Å². The zero-order valence-corrected chi connectivity index (χ0v) is 11.9. The summed E-state index contributed by atoms with van der Waals surface area (Å²) in [5.74, 6) is 1.91. The minimum absolute atomic E-state index is 0.212. The smallest absolute Gasteiger partial charge is 0.231 e. The van der Waals surface area contributed by atoms with Crippen molar-refractivity contribution >= 4 is 0 Å². The van der Waals surface area contributed by atoms with E-state index in [0.717, 1.165) is 24.3 Å². The third kappa shape index (κ3) is 2.25. The standard InChI is InChI=1S/C15H21FN2O2/c1-9(16)11-4-12(15-14(5-11)19-8-20-15)13-3-10(6-17)7-18(13)2/h4-5,9-10,13H,3,6-8,17H2,1-2H3. The van der Waals surface area contributed by atoms with Gasteiger partial charge in [0.1, 0.15) is 6.17 Å². The van der Waals surface area contributed by atoms with Crippen molar-refractivity contribution in [2.75, 3.05) is 26.9 Å². The Kier molecular flexibility index (Phi) is 3.56. The number of nitrogens with two attached hydrogens (primary N) is 1. The monoisotopic (exact) mass is 280 g/mol. The van der Waals surface area contributed by atoms with Gasteiger partial charge in [-0.05, 0) is 50.6 Å². The van der Waals surface area contributed by atoms with Crippen LogP contribution in [0.25, 0.3) is 0 Å². The molecule has 5 heteroatoms. The maximum Gasteiger partial charge on any atom is 0.231 e. The first-order valence-electron chi connectivity index (χ1n) is 7.08. The van der Waals surface area contributed by atoms with Gasteiger partial charge in [0.15, 0.2) is 11.5 Å². The van der Waals surface area contributed by atoms with Crippen LogP contribution in [0.4, 0.5) is 4.39 Å². The maximum atomic E-state index is 13.7. The molecule has 0 radical (unpaired) electrons. The molecule has 1 saturated heterocycles. The van der Waals surface area contributed by atoms with E-state index in [0.29, 0.717) is 23.8 Å². The fourth-order valence-electron chi connectivity index (χ4n) is 3.18. The first-order chi connectivity index (χ1) is 9.60. The number of benzene rings is 1. The highest BCUT2D eigenvalue weighted by Crippen LogP contribution is 2.46. The summed E-state index contributed by atoms with van der Waals surface area (Å²) in [7, 11) is 2.08. The Balaban J connectivity index is 2.00. The van der Waals surface area contributed by atoms with Crippen molar-refractivity contribution in [1.82, 2.24) is 4.90 Å². The molecule has 1 aromatic carbocycles. The Morgan fingerprint density at radius 2 is 2.25 bits per heavy atom. The molecule has 4 nitrogen and oxygen atoms in total. The molecule has 0 spiro atoms. The fourth-order valence-corrected chi connectivity index (χ4v) is 3.18. The van der Waals surface area contributed by atoms with Crippen LogP contribution >= 0.6 is 0 Å². The third-order valence-corrected chi connectivity index (χ3v) is 4.31. The van der Waals surface area contributed by atoms with Crippen molar-refractivity contribution in [3.63, 3.8) is 0 Å². The molecule has 2 N–H and O–H groups in total. The second kappa shape index (κ2) is 5.22. The molecule has 1 aromatic rings. The van der Waals surface area contributed by atoms with E-state index in [1.165, 1.54) is 0 Å². The first kappa shape index (κ1) is 13.6. The van der Waals surface area contributed by atoms with Crippen LogP contribution in [0, 0.1) is 5.92 Å². The van der Waals surface area contributed by atoms with Crippen molar-refractivity contribution in [2.45, 2.75) is 25.6 Å². The molecule has 2 heterocycles. The van der Waals surface area contributed by atoms with E-state index >= 15 is 0 Å². The molecular formula is C15H21FN2O2. The van der Waals surface area contributed by atoms with Crippen LogP contribution in [0.5, 0.6) is 11.5 Å². The number of fused-ring (bicyclic) bond motifs is 1. The van der Waals surface area contributed by atoms with Crippen molar-refractivity contribution in [3.8, 4) is 11.5 Å². The van der Waals surface area contributed by atoms with E-state index in [2.05, 4.69) is 11.9 Å². The van der Waals surface area contributed by atoms with E-state index in [4.69, 9.17) is 15.2 Å². The fraction of sp³-hybridized carbons (Fsp3) is 0.600. The lowest BCUT2D eigenvalue weighted by molar-refractivity contribution is 0.171. The average molecular weight is 280 g/mol. The van der Waals surface area contributed by atoms with Gasteiger partial charge in [-0.2, -0.15) is 0 Å². The molecular weight excluding hydrogens is 259 g/mol. The quantitative estimate of drug-likeness (QED) is 0.923. The van der Waals surface area contributed by atoms with Crippen LogP contribution in [-0.4, -0.2) is 31.8 Å². The van der Waals surface area contributed by atoms with Crippen LogP contribution in [-0.2, 0) is 0 Å². The Labute approximate surface area is 118 Å². The molecule has 3 rings (SSSR count). The van der Waals surface area contributed by atoms with Gasteiger partial charge >= 0.3 is 0 Å². The molecule has 20 heavy (non-hydrogen) atoms. The highest BCUT2D eigenvalue weighted by atomic mass is 19.1. The van der Waals surface area contributed by atoms with Crippen molar-refractivity contribution < 1.29 is 13.9 Å². The normalized spacial score (nSPS) is 27.0. The van der Waals surface area contributed by atoms with Gasteiger partial charge in [-0.3, -0.25) is 4.90 Å². The van der Waals surface area contributed by atoms with E-state index in [1.54, 1.807) is 13.0 Å². The summed E-state index contributed by atoms with van der Waals surface area (Å²) in [6.45, 7) is 3.40. The number of likely N-dealkylation sites (tertiary alicyclic amines) is 1. The second-order valence-electron chi connectivity index (χ2n) is 5.75. The van der Waals surface area contributed by atoms with Gasteiger partial charge in [-0.1, -0.05) is 0 Å². The average Bonchev–Trinajstić information content (AvgIpc) is 3.03. The summed E-state index contributed by atoms with van der Waals surface area (Å²) in [4.78, 5) is 2.27. The summed E-state index contributed by atoms with van der Waals surface area (Å²) in [6.07, 6.45) is -0.0346. The molecule has 2 aliphatic rings. The Hall–Kier alpha value is -1.33. The largest absolute Gasteiger partial charge is 0.454 e. The van der Waals surface area contributed by atoms with Crippen LogP contribution < -0.4 is 15.2 Å². The summed E-state index contributed by atoms with van der Waals surface area (Å²) in [5, 5.41) is 0. The Morgan fingerprint density at radius 1 is 1.45 bits per heavy atom. The lowest BCUT2D eigenvalue weighted by Gasteiger charge is -2.22. The SMILES string of the molecule is CC(F)c1cc2c(c(C3CC(CN)CN3C)c1)OCO2. The van der Waals surface area contributed by atoms with Gasteiger partial charge in [0, 0.05) is 18.2 Å². The summed E-state index contributed by atoms with van der Waals surface area (Å²) >= 11 is 0. The molecule has 2 aliphatic heterocycles. The summed E-state index contributed by atoms with van der Waals surface area (Å²) in [5.41, 5.74) is 7.46. The van der Waals surface area contributed by atoms with Crippen molar-refractivity contribution in [2.24, 2.45) is 11.7 Å². The second-order valence-corrected chi connectivity index (χ2v) is 5.75. The predicted octanol–water partition coefficient (Wildman–Crippen LogP) is 2.40. The van der Waals surface area contributed by atoms with Gasteiger partial charge in [0.2, 0.25) is 6.79 Å². The molecule has 3 atom stereocenters. The van der Waals surface area contributed by atoms with E-state index in [-0.39, 0.29) is 12.8 Å². The number of hydrogen-bond donors (Lipinski definition) is 1. The zero-order valence-electron chi connectivity index (χ0n) is 11.9. The molecule has 0 amide bonds. The van der Waals surface area contributed by atoms with Crippen molar-refractivity contribution in [1.29, 1.82) is 0 Å². The number of halogens is 1. The minimum Gasteiger partial charge on any atom is -0.454 e. The van der Waals surface area contributed by atoms with Crippen molar-refractivity contribution in [3.05, 3.63) is 23.3 Å². The lowest BCUT2D eigenvalue weighted by atomic mass is 9.96. The number of hydrogen-bond acceptors (Lipinski definition) is 4. The molecule has 0 saturated carbocycles. The molecule has 1 fully saturated rings. The minimum atomic E-state index is -1.01. The van der Waals surface area contributed by atoms with Gasteiger partial charge in [0.25, 0.3) is 0 Å². The highest BCUT2D eigenvalue weighted by Gasteiger charge is 2.34. The summed E-state index contributed by atoms with van der Waals surface area (Å²) in [6, 6.07) is 3.88. The zero-order chi connectivity index (χ0) is 14.3. The molecule has 110 valence electrons. The van der Waals surface area contributed by atoms with Gasteiger partial charge in [-0.15, -0.1) is 0 Å². The number of rotatable bonds is 3. The Bertz CT molecular complexity index is 507. The van der Waals surface area contributed by atoms with Crippen LogP contribution in [0.1, 0.15) is 36.7 Å². The molecule has 0 bridgehead atoms. The van der Waals surface area contributed by atoms with Crippen LogP contribution in [0.15, 0.2) is 12.1 Å². The predicted molar refractivity (Wildman–Crippen MR) is 74.6 cm³/mol. The van der Waals surface area contributed by atoms with Crippen LogP contribution in [0.3, 0.4) is 0 Å². The molecule has 3 unspecified atom stereocenters. The van der Waals surface area contributed by atoms with Crippen LogP contribution in [0.2, 0.25) is 0 Å². The highest BCUT2D eigenvalue weighted by molar-refractivity contribution is 5.53. The number of ether oxygens (including phenoxy) is 2. The van der Waals surface area contributed by atoms with E-state index in [1.807, 2.05) is 6.07 Å². The lowest BCUT2D eigenvalue weighted by Crippen LogP contribution is -2.20. The summed E-state index contributed by atoms with van der Waals surface area (Å²) < 4.78 is 24.7. The topological polar surface area (TPSA) is 47.7 Å². The van der Waals surface area contributed by atoms with Gasteiger partial charge in [0.05, 0.1) is 0 Å². The van der Waals surface area contributed by atoms with Gasteiger partial charge in [-0.25, -0.2) is 4.39 Å². The number of alkyl halides is 1. The number of nitrogens with zero attached hydrogens (tertiary/aromatic N) is 1. The van der Waals surface area contributed by atoms with Gasteiger partial charge < -0.3 is 15.2 Å². The molecule has 0 aliphatic carbocycles. The first-order valence-corrected chi connectivity index (χ1v) is 7.08. The molecule has 0 aromatic heterocycles. The van der Waals surface area contributed by atoms with E-state index in [9.17, 15) is 4.39 Å². The Morgan fingerprint density at radius 3 is 2.90 bits per heavy atom. The third-order valence-electron chi connectivity index (χ3n) is 4.31. The maximum absolute atomic E-state index is 13.7.